The van der Waals surface area contributed by atoms with Crippen LogP contribution in [0.3, 0.4) is 0 Å². The lowest BCUT2D eigenvalue weighted by molar-refractivity contribution is 0.490. The minimum absolute atomic E-state index is 0.332. The zero-order chi connectivity index (χ0) is 17.0. The molecule has 0 aliphatic heterocycles. The van der Waals surface area contributed by atoms with Crippen LogP contribution in [-0.2, 0) is 0 Å². The third kappa shape index (κ3) is 3.38. The Morgan fingerprint density at radius 1 is 1.00 bits per heavy atom. The summed E-state index contributed by atoms with van der Waals surface area (Å²) in [6.45, 7) is 1.86. The Hall–Kier alpha value is -2.47. The number of nitrogens with zero attached hydrogens (tertiary/aromatic N) is 2. The molecule has 3 rings (SSSR count). The fourth-order valence-electron chi connectivity index (χ4n) is 2.43. The molecule has 0 bridgehead atoms. The number of benzene rings is 2. The van der Waals surface area contributed by atoms with Gasteiger partial charge in [-0.05, 0) is 25.1 Å². The van der Waals surface area contributed by atoms with Crippen molar-refractivity contribution in [3.8, 4) is 0 Å². The molecule has 0 amide bonds. The van der Waals surface area contributed by atoms with E-state index in [4.69, 9.17) is 0 Å². The van der Waals surface area contributed by atoms with Crippen molar-refractivity contribution in [3.05, 3.63) is 84.6 Å². The summed E-state index contributed by atoms with van der Waals surface area (Å²) in [5, 5.41) is 0.845. The van der Waals surface area contributed by atoms with Crippen LogP contribution in [0.25, 0.3) is 10.9 Å². The normalized spacial score (nSPS) is 13.5. The molecular weight excluding hydrogens is 320 g/mol. The maximum absolute atomic E-state index is 10.7. The molecule has 2 N–H and O–H groups in total. The summed E-state index contributed by atoms with van der Waals surface area (Å²) in [7, 11) is -3.38. The number of rotatable bonds is 4. The summed E-state index contributed by atoms with van der Waals surface area (Å²) in [5.41, 5.74) is 1.89. The van der Waals surface area contributed by atoms with Crippen molar-refractivity contribution in [2.75, 3.05) is 0 Å². The van der Waals surface area contributed by atoms with Crippen molar-refractivity contribution in [2.45, 2.75) is 11.8 Å². The molecule has 1 heterocycles. The van der Waals surface area contributed by atoms with Crippen LogP contribution in [-0.4, -0.2) is 19.8 Å². The summed E-state index contributed by atoms with van der Waals surface area (Å²) < 4.78 is 25.7. The molecular formula is C19H18N2O2S. The maximum Gasteiger partial charge on any atom is 0.109 e. The van der Waals surface area contributed by atoms with Crippen LogP contribution in [0.2, 0.25) is 0 Å². The largest absolute Gasteiger partial charge is 0.276 e. The third-order valence-electron chi connectivity index (χ3n) is 3.51. The van der Waals surface area contributed by atoms with E-state index in [-0.39, 0.29) is 0 Å². The molecule has 122 valence electrons. The Morgan fingerprint density at radius 2 is 1.75 bits per heavy atom. The van der Waals surface area contributed by atoms with E-state index in [2.05, 4.69) is 9.38 Å². The predicted octanol–water partition coefficient (Wildman–Crippen LogP) is 5.32. The standard InChI is InChI=1S/C19H18N2O2S/c1-2-8-17(15-9-4-3-5-10-15)21-24(22,23)18-13-6-11-16-12-7-14-20-19(16)18/h2-14,22-23H,1H3/b8-2+,21-17+. The van der Waals surface area contributed by atoms with Gasteiger partial charge in [0.1, 0.15) is 4.90 Å². The Morgan fingerprint density at radius 3 is 2.50 bits per heavy atom. The van der Waals surface area contributed by atoms with E-state index in [0.29, 0.717) is 16.1 Å². The minimum Gasteiger partial charge on any atom is -0.276 e. The van der Waals surface area contributed by atoms with Crippen molar-refractivity contribution < 1.29 is 9.11 Å². The zero-order valence-corrected chi connectivity index (χ0v) is 14.0. The smallest absolute Gasteiger partial charge is 0.109 e. The Balaban J connectivity index is 2.14. The van der Waals surface area contributed by atoms with Gasteiger partial charge in [-0.2, -0.15) is 4.40 Å². The lowest BCUT2D eigenvalue weighted by Crippen LogP contribution is -2.03. The number of hydrogen-bond acceptors (Lipinski definition) is 4. The van der Waals surface area contributed by atoms with Crippen LogP contribution in [0.1, 0.15) is 12.5 Å². The van der Waals surface area contributed by atoms with Gasteiger partial charge in [0.25, 0.3) is 0 Å². The average Bonchev–Trinajstić information content (AvgIpc) is 2.61. The monoisotopic (exact) mass is 338 g/mol. The van der Waals surface area contributed by atoms with Gasteiger partial charge >= 0.3 is 0 Å². The van der Waals surface area contributed by atoms with Gasteiger partial charge in [-0.15, -0.1) is 0 Å². The molecule has 0 saturated carbocycles. The molecule has 2 aromatic carbocycles. The van der Waals surface area contributed by atoms with Crippen molar-refractivity contribution in [1.82, 2.24) is 4.98 Å². The summed E-state index contributed by atoms with van der Waals surface area (Å²) in [6.07, 6.45) is 5.22. The maximum atomic E-state index is 10.7. The molecule has 0 aliphatic carbocycles. The number of para-hydroxylation sites is 1. The number of fused-ring (bicyclic) bond motifs is 1. The molecule has 0 aliphatic rings. The molecule has 0 saturated heterocycles. The first kappa shape index (κ1) is 16.4. The Labute approximate surface area is 142 Å². The van der Waals surface area contributed by atoms with E-state index in [0.717, 1.165) is 10.9 Å². The molecule has 5 heteroatoms. The van der Waals surface area contributed by atoms with Gasteiger partial charge in [-0.25, -0.2) is 0 Å². The highest BCUT2D eigenvalue weighted by Crippen LogP contribution is 2.52. The molecule has 0 fully saturated rings. The van der Waals surface area contributed by atoms with Crippen molar-refractivity contribution in [2.24, 2.45) is 4.40 Å². The lowest BCUT2D eigenvalue weighted by atomic mass is 10.1. The minimum atomic E-state index is -3.38. The van der Waals surface area contributed by atoms with Crippen LogP contribution >= 0.6 is 10.8 Å². The van der Waals surface area contributed by atoms with E-state index < -0.39 is 10.8 Å². The molecule has 24 heavy (non-hydrogen) atoms. The Kier molecular flexibility index (Phi) is 4.76. The number of pyridine rings is 1. The highest BCUT2D eigenvalue weighted by Gasteiger charge is 2.19. The lowest BCUT2D eigenvalue weighted by Gasteiger charge is -2.28. The molecule has 1 aromatic heterocycles. The molecule has 0 atom stereocenters. The van der Waals surface area contributed by atoms with Gasteiger partial charge in [0, 0.05) is 17.1 Å². The van der Waals surface area contributed by atoms with E-state index in [9.17, 15) is 9.11 Å². The first-order chi connectivity index (χ1) is 11.6. The van der Waals surface area contributed by atoms with Crippen LogP contribution in [0, 0.1) is 0 Å². The summed E-state index contributed by atoms with van der Waals surface area (Å²) in [4.78, 5) is 4.62. The molecule has 4 nitrogen and oxygen atoms in total. The summed E-state index contributed by atoms with van der Waals surface area (Å²) >= 11 is 0. The average molecular weight is 338 g/mol. The number of hydrogen-bond donors (Lipinski definition) is 2. The van der Waals surface area contributed by atoms with Crippen LogP contribution in [0.15, 0.2) is 88.3 Å². The highest BCUT2D eigenvalue weighted by molar-refractivity contribution is 8.23. The van der Waals surface area contributed by atoms with E-state index in [1.807, 2.05) is 61.5 Å². The fourth-order valence-corrected chi connectivity index (χ4v) is 3.66. The van der Waals surface area contributed by atoms with E-state index >= 15 is 0 Å². The quantitative estimate of drug-likeness (QED) is 0.632. The number of allylic oxidation sites excluding steroid dienone is 2. The second-order valence-electron chi connectivity index (χ2n) is 5.19. The van der Waals surface area contributed by atoms with Crippen molar-refractivity contribution in [3.63, 3.8) is 0 Å². The van der Waals surface area contributed by atoms with Gasteiger partial charge in [-0.1, -0.05) is 65.4 Å². The SMILES string of the molecule is C/C=C/C(=N\S(O)(O)c1cccc2cccnc12)c1ccccc1. The van der Waals surface area contributed by atoms with Gasteiger partial charge in [-0.3, -0.25) is 14.1 Å². The number of aromatic nitrogens is 1. The Bertz CT molecular complexity index is 900. The zero-order valence-electron chi connectivity index (χ0n) is 13.2. The molecule has 0 spiro atoms. The van der Waals surface area contributed by atoms with E-state index in [1.54, 1.807) is 24.4 Å². The second-order valence-corrected chi connectivity index (χ2v) is 6.85. The molecule has 0 radical (unpaired) electrons. The second kappa shape index (κ2) is 6.97. The van der Waals surface area contributed by atoms with Gasteiger partial charge < -0.3 is 0 Å². The van der Waals surface area contributed by atoms with Crippen LogP contribution < -0.4 is 0 Å². The van der Waals surface area contributed by atoms with Crippen LogP contribution in [0.4, 0.5) is 0 Å². The first-order valence-corrected chi connectivity index (χ1v) is 9.02. The van der Waals surface area contributed by atoms with Crippen LogP contribution in [0.5, 0.6) is 0 Å². The van der Waals surface area contributed by atoms with Gasteiger partial charge in [0.2, 0.25) is 0 Å². The fraction of sp³-hybridized carbons (Fsp3) is 0.0526. The first-order valence-electron chi connectivity index (χ1n) is 7.52. The topological polar surface area (TPSA) is 65.7 Å². The molecule has 0 unspecified atom stereocenters. The molecule has 3 aromatic rings. The third-order valence-corrected chi connectivity index (χ3v) is 4.88. The van der Waals surface area contributed by atoms with Gasteiger partial charge in [0.05, 0.1) is 11.2 Å². The van der Waals surface area contributed by atoms with Crippen molar-refractivity contribution >= 4 is 27.4 Å². The summed E-state index contributed by atoms with van der Waals surface area (Å²) in [6, 6.07) is 18.5. The highest BCUT2D eigenvalue weighted by atomic mass is 32.3. The van der Waals surface area contributed by atoms with Gasteiger partial charge in [0.15, 0.2) is 0 Å². The summed E-state index contributed by atoms with van der Waals surface area (Å²) in [5.74, 6) is 0. The van der Waals surface area contributed by atoms with E-state index in [1.165, 1.54) is 0 Å². The predicted molar refractivity (Wildman–Crippen MR) is 101 cm³/mol. The van der Waals surface area contributed by atoms with Crippen molar-refractivity contribution in [1.29, 1.82) is 0 Å².